The molecule has 1 aliphatic heterocycles. The Balaban J connectivity index is 2.02. The average molecular weight is 240 g/mol. The van der Waals surface area contributed by atoms with Gasteiger partial charge < -0.3 is 15.3 Å². The normalized spacial score (nSPS) is 25.0. The monoisotopic (exact) mass is 240 g/mol. The van der Waals surface area contributed by atoms with E-state index >= 15 is 0 Å². The van der Waals surface area contributed by atoms with E-state index in [-0.39, 0.29) is 6.54 Å². The zero-order valence-electron chi connectivity index (χ0n) is 9.80. The van der Waals surface area contributed by atoms with Crippen molar-refractivity contribution in [3.05, 3.63) is 17.8 Å². The van der Waals surface area contributed by atoms with Crippen LogP contribution >= 0.6 is 0 Å². The van der Waals surface area contributed by atoms with Crippen LogP contribution in [0.2, 0.25) is 0 Å². The number of aliphatic hydroxyl groups is 1. The zero-order valence-corrected chi connectivity index (χ0v) is 9.80. The number of halogens is 1. The number of nitrogens with one attached hydrogen (secondary N) is 1. The van der Waals surface area contributed by atoms with Gasteiger partial charge in [-0.1, -0.05) is 0 Å². The summed E-state index contributed by atoms with van der Waals surface area (Å²) in [6.07, 6.45) is -1.62. The van der Waals surface area contributed by atoms with Gasteiger partial charge in [0.15, 0.2) is 5.82 Å². The predicted molar refractivity (Wildman–Crippen MR) is 62.5 cm³/mol. The van der Waals surface area contributed by atoms with E-state index in [1.165, 1.54) is 0 Å². The molecule has 1 aromatic rings. The minimum absolute atomic E-state index is 0.182. The highest BCUT2D eigenvalue weighted by Gasteiger charge is 2.28. The van der Waals surface area contributed by atoms with Gasteiger partial charge >= 0.3 is 0 Å². The second kappa shape index (κ2) is 5.37. The lowest BCUT2D eigenvalue weighted by atomic mass is 10.1. The van der Waals surface area contributed by atoms with Crippen molar-refractivity contribution in [2.75, 3.05) is 25.0 Å². The first-order chi connectivity index (χ1) is 8.20. The number of nitrogens with zero attached hydrogens (tertiary/aromatic N) is 3. The molecule has 0 bridgehead atoms. The van der Waals surface area contributed by atoms with Gasteiger partial charge in [0.2, 0.25) is 0 Å². The zero-order chi connectivity index (χ0) is 12.3. The van der Waals surface area contributed by atoms with Crippen molar-refractivity contribution >= 4 is 5.82 Å². The molecule has 94 valence electrons. The summed E-state index contributed by atoms with van der Waals surface area (Å²) in [6.45, 7) is 1.46. The predicted octanol–water partition coefficient (Wildman–Crippen LogP) is 0.105. The fourth-order valence-corrected chi connectivity index (χ4v) is 1.90. The Labute approximate surface area is 99.7 Å². The highest BCUT2D eigenvalue weighted by Crippen LogP contribution is 2.19. The van der Waals surface area contributed by atoms with E-state index < -0.39 is 12.3 Å². The van der Waals surface area contributed by atoms with E-state index in [0.717, 1.165) is 5.69 Å². The van der Waals surface area contributed by atoms with Gasteiger partial charge in [0, 0.05) is 13.1 Å². The second-order valence-electron chi connectivity index (χ2n) is 4.23. The van der Waals surface area contributed by atoms with Crippen LogP contribution in [0.15, 0.2) is 12.1 Å². The van der Waals surface area contributed by atoms with Crippen molar-refractivity contribution in [2.45, 2.75) is 25.2 Å². The molecule has 2 heterocycles. The lowest BCUT2D eigenvalue weighted by Crippen LogP contribution is -2.45. The number of aromatic nitrogens is 2. The number of piperidine rings is 1. The Morgan fingerprint density at radius 1 is 1.53 bits per heavy atom. The number of hydrogen-bond acceptors (Lipinski definition) is 5. The standard InChI is InChI=1S/C11H17FN4O/c1-13-6-8-2-3-11(15-14-8)16-5-4-10(17)9(12)7-16/h2-3,9-10,13,17H,4-7H2,1H3/t9-,10+/m1/s1. The molecule has 2 atom stereocenters. The molecule has 17 heavy (non-hydrogen) atoms. The third-order valence-electron chi connectivity index (χ3n) is 2.89. The van der Waals surface area contributed by atoms with Gasteiger partial charge in [0.05, 0.1) is 18.3 Å². The third-order valence-corrected chi connectivity index (χ3v) is 2.89. The summed E-state index contributed by atoms with van der Waals surface area (Å²) in [4.78, 5) is 1.81. The Kier molecular flexibility index (Phi) is 3.86. The molecule has 1 fully saturated rings. The van der Waals surface area contributed by atoms with E-state index in [1.807, 2.05) is 24.1 Å². The molecule has 2 rings (SSSR count). The van der Waals surface area contributed by atoms with Crippen LogP contribution in [0.3, 0.4) is 0 Å². The van der Waals surface area contributed by atoms with E-state index in [1.54, 1.807) is 0 Å². The maximum Gasteiger partial charge on any atom is 0.151 e. The molecule has 0 aromatic carbocycles. The molecular formula is C11H17FN4O. The minimum atomic E-state index is -1.21. The van der Waals surface area contributed by atoms with Crippen LogP contribution in [-0.2, 0) is 6.54 Å². The first kappa shape index (κ1) is 12.2. The summed E-state index contributed by atoms with van der Waals surface area (Å²) in [5, 5.41) is 20.4. The molecule has 0 spiro atoms. The van der Waals surface area contributed by atoms with Crippen LogP contribution in [0.5, 0.6) is 0 Å². The van der Waals surface area contributed by atoms with Gasteiger partial charge in [0.25, 0.3) is 0 Å². The van der Waals surface area contributed by atoms with Crippen molar-refractivity contribution in [1.82, 2.24) is 15.5 Å². The third kappa shape index (κ3) is 2.89. The number of aliphatic hydroxyl groups excluding tert-OH is 1. The van der Waals surface area contributed by atoms with E-state index in [4.69, 9.17) is 0 Å². The molecule has 0 saturated carbocycles. The molecule has 1 saturated heterocycles. The van der Waals surface area contributed by atoms with Crippen molar-refractivity contribution in [3.63, 3.8) is 0 Å². The van der Waals surface area contributed by atoms with Crippen LogP contribution in [0.1, 0.15) is 12.1 Å². The molecule has 2 N–H and O–H groups in total. The maximum absolute atomic E-state index is 13.4. The average Bonchev–Trinajstić information content (AvgIpc) is 2.34. The minimum Gasteiger partial charge on any atom is -0.390 e. The van der Waals surface area contributed by atoms with Crippen LogP contribution in [0, 0.1) is 0 Å². The molecule has 0 aliphatic carbocycles. The highest BCUT2D eigenvalue weighted by atomic mass is 19.1. The van der Waals surface area contributed by atoms with Gasteiger partial charge in [-0.2, -0.15) is 5.10 Å². The van der Waals surface area contributed by atoms with Gasteiger partial charge in [-0.25, -0.2) is 4.39 Å². The molecule has 1 aliphatic rings. The lowest BCUT2D eigenvalue weighted by molar-refractivity contribution is 0.0613. The summed E-state index contributed by atoms with van der Waals surface area (Å²) < 4.78 is 13.4. The molecule has 0 unspecified atom stereocenters. The topological polar surface area (TPSA) is 61.3 Å². The molecule has 0 radical (unpaired) electrons. The number of hydrogen-bond donors (Lipinski definition) is 2. The second-order valence-corrected chi connectivity index (χ2v) is 4.23. The summed E-state index contributed by atoms with van der Waals surface area (Å²) >= 11 is 0. The van der Waals surface area contributed by atoms with Crippen molar-refractivity contribution < 1.29 is 9.50 Å². The molecule has 6 heteroatoms. The quantitative estimate of drug-likeness (QED) is 0.785. The van der Waals surface area contributed by atoms with Gasteiger partial charge in [-0.05, 0) is 25.6 Å². The molecule has 5 nitrogen and oxygen atoms in total. The molecular weight excluding hydrogens is 223 g/mol. The Bertz CT molecular complexity index is 359. The number of rotatable bonds is 3. The fraction of sp³-hybridized carbons (Fsp3) is 0.636. The van der Waals surface area contributed by atoms with Crippen molar-refractivity contribution in [3.8, 4) is 0 Å². The number of anilines is 1. The van der Waals surface area contributed by atoms with Gasteiger partial charge in [-0.15, -0.1) is 5.10 Å². The highest BCUT2D eigenvalue weighted by molar-refractivity contribution is 5.38. The first-order valence-corrected chi connectivity index (χ1v) is 5.75. The molecule has 0 amide bonds. The van der Waals surface area contributed by atoms with Crippen molar-refractivity contribution in [2.24, 2.45) is 0 Å². The fourth-order valence-electron chi connectivity index (χ4n) is 1.90. The van der Waals surface area contributed by atoms with Crippen molar-refractivity contribution in [1.29, 1.82) is 0 Å². The Morgan fingerprint density at radius 3 is 2.94 bits per heavy atom. The van der Waals surface area contributed by atoms with Crippen LogP contribution in [0.4, 0.5) is 10.2 Å². The summed E-state index contributed by atoms with van der Waals surface area (Å²) in [6, 6.07) is 3.71. The lowest BCUT2D eigenvalue weighted by Gasteiger charge is -2.32. The smallest absolute Gasteiger partial charge is 0.151 e. The maximum atomic E-state index is 13.4. The Hall–Kier alpha value is -1.27. The van der Waals surface area contributed by atoms with E-state index in [0.29, 0.717) is 25.3 Å². The van der Waals surface area contributed by atoms with Crippen LogP contribution in [-0.4, -0.2) is 47.7 Å². The van der Waals surface area contributed by atoms with Gasteiger partial charge in [-0.3, -0.25) is 0 Å². The SMILES string of the molecule is CNCc1ccc(N2CC[C@H](O)[C@H](F)C2)nn1. The van der Waals surface area contributed by atoms with Crippen LogP contribution in [0.25, 0.3) is 0 Å². The van der Waals surface area contributed by atoms with E-state index in [2.05, 4.69) is 15.5 Å². The molecule has 1 aromatic heterocycles. The summed E-state index contributed by atoms with van der Waals surface area (Å²) in [5.74, 6) is 0.666. The van der Waals surface area contributed by atoms with E-state index in [9.17, 15) is 9.50 Å². The largest absolute Gasteiger partial charge is 0.390 e. The van der Waals surface area contributed by atoms with Crippen LogP contribution < -0.4 is 10.2 Å². The Morgan fingerprint density at radius 2 is 2.35 bits per heavy atom. The number of alkyl halides is 1. The first-order valence-electron chi connectivity index (χ1n) is 5.75. The summed E-state index contributed by atoms with van der Waals surface area (Å²) in [5.41, 5.74) is 0.852. The van der Waals surface area contributed by atoms with Gasteiger partial charge in [0.1, 0.15) is 6.17 Å². The summed E-state index contributed by atoms with van der Waals surface area (Å²) in [7, 11) is 1.84.